The van der Waals surface area contributed by atoms with Crippen LogP contribution >= 0.6 is 0 Å². The number of nitrogens with zero attached hydrogens (tertiary/aromatic N) is 1. The first-order chi connectivity index (χ1) is 16.5. The summed E-state index contributed by atoms with van der Waals surface area (Å²) in [5.74, 6) is 1.18. The number of aromatic amines is 1. The number of benzene rings is 3. The monoisotopic (exact) mass is 459 g/mol. The minimum absolute atomic E-state index is 0.286. The summed E-state index contributed by atoms with van der Waals surface area (Å²) in [7, 11) is 3.28. The zero-order valence-corrected chi connectivity index (χ0v) is 19.3. The Bertz CT molecular complexity index is 1360. The van der Waals surface area contributed by atoms with Crippen LogP contribution in [0.2, 0.25) is 0 Å². The molecule has 2 heterocycles. The fourth-order valence-corrected chi connectivity index (χ4v) is 4.61. The Balaban J connectivity index is 1.57. The van der Waals surface area contributed by atoms with E-state index in [1.165, 1.54) is 11.6 Å². The van der Waals surface area contributed by atoms with Crippen LogP contribution in [0.1, 0.15) is 28.4 Å². The number of methoxy groups -OCH3 is 2. The van der Waals surface area contributed by atoms with Gasteiger partial charge in [-0.15, -0.1) is 0 Å². The van der Waals surface area contributed by atoms with Gasteiger partial charge in [0, 0.05) is 28.8 Å². The summed E-state index contributed by atoms with van der Waals surface area (Å²) in [5, 5.41) is 3.96. The number of halogens is 1. The number of urea groups is 1. The fourth-order valence-electron chi connectivity index (χ4n) is 4.61. The molecule has 0 fully saturated rings. The third-order valence-corrected chi connectivity index (χ3v) is 6.45. The van der Waals surface area contributed by atoms with Gasteiger partial charge in [-0.2, -0.15) is 0 Å². The summed E-state index contributed by atoms with van der Waals surface area (Å²) in [6.07, 6.45) is 0.685. The zero-order chi connectivity index (χ0) is 23.8. The van der Waals surface area contributed by atoms with E-state index in [1.54, 1.807) is 38.2 Å². The van der Waals surface area contributed by atoms with E-state index in [0.29, 0.717) is 24.2 Å². The average Bonchev–Trinajstić information content (AvgIpc) is 3.23. The molecule has 1 aliphatic rings. The van der Waals surface area contributed by atoms with Gasteiger partial charge in [0.05, 0.1) is 20.3 Å². The number of fused-ring (bicyclic) bond motifs is 3. The SMILES string of the molecule is COc1ccc([C@@H]2c3[nH]c4ccc(OC)cc4c3CCN2C(=O)Nc2ccc(C)c(F)c2)cc1. The van der Waals surface area contributed by atoms with Gasteiger partial charge in [-0.3, -0.25) is 0 Å². The number of rotatable bonds is 4. The van der Waals surface area contributed by atoms with Crippen LogP contribution in [0.15, 0.2) is 60.7 Å². The molecule has 0 unspecified atom stereocenters. The number of hydrogen-bond acceptors (Lipinski definition) is 3. The van der Waals surface area contributed by atoms with Crippen molar-refractivity contribution in [1.29, 1.82) is 0 Å². The number of anilines is 1. The highest BCUT2D eigenvalue weighted by Gasteiger charge is 2.34. The molecule has 2 N–H and O–H groups in total. The second-order valence-electron chi connectivity index (χ2n) is 8.44. The smallest absolute Gasteiger partial charge is 0.322 e. The normalized spacial score (nSPS) is 15.2. The summed E-state index contributed by atoms with van der Waals surface area (Å²) in [5.41, 5.74) is 5.03. The lowest BCUT2D eigenvalue weighted by Gasteiger charge is -2.36. The lowest BCUT2D eigenvalue weighted by molar-refractivity contribution is 0.193. The van der Waals surface area contributed by atoms with Crippen LogP contribution in [0.5, 0.6) is 11.5 Å². The molecule has 0 saturated heterocycles. The third-order valence-electron chi connectivity index (χ3n) is 6.45. The zero-order valence-electron chi connectivity index (χ0n) is 19.3. The Morgan fingerprint density at radius 1 is 1.03 bits per heavy atom. The molecule has 34 heavy (non-hydrogen) atoms. The minimum atomic E-state index is -0.352. The molecular weight excluding hydrogens is 433 g/mol. The second-order valence-corrected chi connectivity index (χ2v) is 8.44. The maximum absolute atomic E-state index is 14.1. The number of carbonyl (C=O) groups is 1. The van der Waals surface area contributed by atoms with Crippen LogP contribution in [0.3, 0.4) is 0 Å². The molecule has 1 aliphatic heterocycles. The lowest BCUT2D eigenvalue weighted by atomic mass is 9.92. The van der Waals surface area contributed by atoms with Crippen molar-refractivity contribution >= 4 is 22.6 Å². The van der Waals surface area contributed by atoms with Crippen molar-refractivity contribution in [3.05, 3.63) is 88.9 Å². The predicted octanol–water partition coefficient (Wildman–Crippen LogP) is 5.81. The fraction of sp³-hybridized carbons (Fsp3) is 0.222. The van der Waals surface area contributed by atoms with Crippen molar-refractivity contribution in [3.8, 4) is 11.5 Å². The van der Waals surface area contributed by atoms with E-state index in [9.17, 15) is 9.18 Å². The standard InChI is InChI=1S/C27H26FN3O3/c1-16-4-7-18(14-23(16)28)29-27(32)31-13-12-21-22-15-20(34-3)10-11-24(22)30-25(21)26(31)17-5-8-19(33-2)9-6-17/h4-11,14-15,26,30H,12-13H2,1-3H3,(H,29,32)/t26-/m1/s1. The molecular formula is C27H26FN3O3. The molecule has 0 bridgehead atoms. The summed E-state index contributed by atoms with van der Waals surface area (Å²) in [6, 6.07) is 17.7. The molecule has 4 aromatic rings. The maximum Gasteiger partial charge on any atom is 0.322 e. The summed E-state index contributed by atoms with van der Waals surface area (Å²) < 4.78 is 24.8. The largest absolute Gasteiger partial charge is 0.497 e. The maximum atomic E-state index is 14.1. The molecule has 174 valence electrons. The van der Waals surface area contributed by atoms with E-state index in [-0.39, 0.29) is 17.9 Å². The quantitative estimate of drug-likeness (QED) is 0.405. The second kappa shape index (κ2) is 8.74. The van der Waals surface area contributed by atoms with Crippen molar-refractivity contribution in [2.45, 2.75) is 19.4 Å². The van der Waals surface area contributed by atoms with Crippen LogP contribution in [-0.4, -0.2) is 36.7 Å². The van der Waals surface area contributed by atoms with Gasteiger partial charge in [0.25, 0.3) is 0 Å². The minimum Gasteiger partial charge on any atom is -0.497 e. The summed E-state index contributed by atoms with van der Waals surface area (Å²) >= 11 is 0. The Hall–Kier alpha value is -4.00. The molecule has 0 radical (unpaired) electrons. The Kier molecular flexibility index (Phi) is 5.61. The number of aromatic nitrogens is 1. The Morgan fingerprint density at radius 3 is 2.47 bits per heavy atom. The van der Waals surface area contributed by atoms with Crippen molar-refractivity contribution < 1.29 is 18.7 Å². The average molecular weight is 460 g/mol. The van der Waals surface area contributed by atoms with E-state index in [0.717, 1.165) is 33.7 Å². The molecule has 1 aromatic heterocycles. The van der Waals surface area contributed by atoms with Gasteiger partial charge in [-0.25, -0.2) is 9.18 Å². The van der Waals surface area contributed by atoms with Gasteiger partial charge in [-0.05, 0) is 72.5 Å². The number of carbonyl (C=O) groups excluding carboxylic acids is 1. The number of nitrogens with one attached hydrogen (secondary N) is 2. The van der Waals surface area contributed by atoms with Gasteiger partial charge >= 0.3 is 6.03 Å². The molecule has 0 spiro atoms. The Labute approximate surface area is 197 Å². The van der Waals surface area contributed by atoms with Gasteiger partial charge in [0.15, 0.2) is 0 Å². The topological polar surface area (TPSA) is 66.6 Å². The first-order valence-corrected chi connectivity index (χ1v) is 11.1. The molecule has 1 atom stereocenters. The molecule has 0 aliphatic carbocycles. The molecule has 6 nitrogen and oxygen atoms in total. The molecule has 2 amide bonds. The van der Waals surface area contributed by atoms with E-state index in [2.05, 4.69) is 10.3 Å². The van der Waals surface area contributed by atoms with Gasteiger partial charge in [-0.1, -0.05) is 18.2 Å². The van der Waals surface area contributed by atoms with Gasteiger partial charge in [0.1, 0.15) is 17.3 Å². The molecule has 5 rings (SSSR count). The Morgan fingerprint density at radius 2 is 1.76 bits per heavy atom. The van der Waals surface area contributed by atoms with Crippen LogP contribution in [0.4, 0.5) is 14.9 Å². The number of amides is 2. The first kappa shape index (κ1) is 21.8. The van der Waals surface area contributed by atoms with Gasteiger partial charge < -0.3 is 24.7 Å². The number of hydrogen-bond donors (Lipinski definition) is 2. The summed E-state index contributed by atoms with van der Waals surface area (Å²) in [4.78, 5) is 18.8. The van der Waals surface area contributed by atoms with Crippen molar-refractivity contribution in [2.75, 3.05) is 26.1 Å². The summed E-state index contributed by atoms with van der Waals surface area (Å²) in [6.45, 7) is 2.20. The van der Waals surface area contributed by atoms with Crippen molar-refractivity contribution in [2.24, 2.45) is 0 Å². The third kappa shape index (κ3) is 3.83. The highest BCUT2D eigenvalue weighted by atomic mass is 19.1. The highest BCUT2D eigenvalue weighted by Crippen LogP contribution is 2.40. The number of aryl methyl sites for hydroxylation is 1. The van der Waals surface area contributed by atoms with E-state index >= 15 is 0 Å². The van der Waals surface area contributed by atoms with Crippen LogP contribution in [-0.2, 0) is 6.42 Å². The van der Waals surface area contributed by atoms with E-state index in [1.807, 2.05) is 42.5 Å². The van der Waals surface area contributed by atoms with Crippen LogP contribution < -0.4 is 14.8 Å². The van der Waals surface area contributed by atoms with Gasteiger partial charge in [0.2, 0.25) is 0 Å². The highest BCUT2D eigenvalue weighted by molar-refractivity contribution is 5.92. The van der Waals surface area contributed by atoms with Crippen molar-refractivity contribution in [3.63, 3.8) is 0 Å². The lowest BCUT2D eigenvalue weighted by Crippen LogP contribution is -2.43. The number of H-pyrrole nitrogens is 1. The predicted molar refractivity (Wildman–Crippen MR) is 130 cm³/mol. The molecule has 0 saturated carbocycles. The molecule has 3 aromatic carbocycles. The molecule has 7 heteroatoms. The van der Waals surface area contributed by atoms with Crippen LogP contribution in [0.25, 0.3) is 10.9 Å². The van der Waals surface area contributed by atoms with E-state index in [4.69, 9.17) is 9.47 Å². The van der Waals surface area contributed by atoms with E-state index < -0.39 is 0 Å². The van der Waals surface area contributed by atoms with Crippen molar-refractivity contribution in [1.82, 2.24) is 9.88 Å². The van der Waals surface area contributed by atoms with Crippen LogP contribution in [0, 0.1) is 12.7 Å². The first-order valence-electron chi connectivity index (χ1n) is 11.1. The number of ether oxygens (including phenoxy) is 2.